The molecule has 6 nitrogen and oxygen atoms in total. The van der Waals surface area contributed by atoms with E-state index in [1.165, 1.54) is 0 Å². The SMILES string of the molecule is O=C(C1Cc2ccccc2O1)N1CCN(c2ncnc3ccccc23)CC1. The summed E-state index contributed by atoms with van der Waals surface area (Å²) in [6.45, 7) is 2.86. The van der Waals surface area contributed by atoms with E-state index in [0.29, 0.717) is 19.5 Å². The number of rotatable bonds is 2. The number of anilines is 1. The Morgan fingerprint density at radius 1 is 0.963 bits per heavy atom. The number of amides is 1. The second kappa shape index (κ2) is 6.54. The number of para-hydroxylation sites is 2. The summed E-state index contributed by atoms with van der Waals surface area (Å²) in [6, 6.07) is 15.9. The molecule has 1 fully saturated rings. The summed E-state index contributed by atoms with van der Waals surface area (Å²) in [4.78, 5) is 25.9. The van der Waals surface area contributed by atoms with Crippen molar-refractivity contribution in [3.05, 3.63) is 60.4 Å². The number of piperazine rings is 1. The van der Waals surface area contributed by atoms with Gasteiger partial charge in [0.05, 0.1) is 5.52 Å². The van der Waals surface area contributed by atoms with Crippen molar-refractivity contribution >= 4 is 22.6 Å². The molecule has 0 bridgehead atoms. The van der Waals surface area contributed by atoms with E-state index in [0.717, 1.165) is 41.1 Å². The van der Waals surface area contributed by atoms with Crippen molar-refractivity contribution < 1.29 is 9.53 Å². The Balaban J connectivity index is 1.27. The third kappa shape index (κ3) is 2.87. The first kappa shape index (κ1) is 16.1. The Kier molecular flexibility index (Phi) is 3.89. The van der Waals surface area contributed by atoms with Gasteiger partial charge in [0.15, 0.2) is 6.10 Å². The van der Waals surface area contributed by atoms with Crippen LogP contribution in [-0.2, 0) is 11.2 Å². The first-order valence-electron chi connectivity index (χ1n) is 9.27. The van der Waals surface area contributed by atoms with Gasteiger partial charge in [0.2, 0.25) is 0 Å². The maximum Gasteiger partial charge on any atom is 0.264 e. The molecular formula is C21H20N4O2. The topological polar surface area (TPSA) is 58.6 Å². The minimum Gasteiger partial charge on any atom is -0.480 e. The quantitative estimate of drug-likeness (QED) is 0.702. The highest BCUT2D eigenvalue weighted by Gasteiger charge is 2.33. The van der Waals surface area contributed by atoms with Crippen LogP contribution in [0.25, 0.3) is 10.9 Å². The fourth-order valence-corrected chi connectivity index (χ4v) is 3.90. The highest BCUT2D eigenvalue weighted by atomic mass is 16.5. The molecular weight excluding hydrogens is 340 g/mol. The van der Waals surface area contributed by atoms with Crippen LogP contribution < -0.4 is 9.64 Å². The van der Waals surface area contributed by atoms with Crippen LogP contribution in [0.3, 0.4) is 0 Å². The molecule has 5 rings (SSSR count). The zero-order valence-corrected chi connectivity index (χ0v) is 14.9. The third-order valence-electron chi connectivity index (χ3n) is 5.34. The lowest BCUT2D eigenvalue weighted by Crippen LogP contribution is -2.52. The van der Waals surface area contributed by atoms with Crippen LogP contribution in [0.4, 0.5) is 5.82 Å². The van der Waals surface area contributed by atoms with Crippen LogP contribution in [0.2, 0.25) is 0 Å². The van der Waals surface area contributed by atoms with E-state index in [9.17, 15) is 4.79 Å². The van der Waals surface area contributed by atoms with Gasteiger partial charge in [-0.25, -0.2) is 9.97 Å². The number of aromatic nitrogens is 2. The lowest BCUT2D eigenvalue weighted by atomic mass is 10.1. The number of nitrogens with zero attached hydrogens (tertiary/aromatic N) is 4. The number of ether oxygens (including phenoxy) is 1. The van der Waals surface area contributed by atoms with E-state index in [4.69, 9.17) is 4.74 Å². The summed E-state index contributed by atoms with van der Waals surface area (Å²) in [7, 11) is 0. The van der Waals surface area contributed by atoms with Crippen molar-refractivity contribution in [1.29, 1.82) is 0 Å². The summed E-state index contributed by atoms with van der Waals surface area (Å²) in [5.74, 6) is 1.86. The minimum absolute atomic E-state index is 0.0818. The summed E-state index contributed by atoms with van der Waals surface area (Å²) < 4.78 is 5.87. The van der Waals surface area contributed by atoms with Gasteiger partial charge >= 0.3 is 0 Å². The van der Waals surface area contributed by atoms with Gasteiger partial charge in [0.25, 0.3) is 5.91 Å². The van der Waals surface area contributed by atoms with E-state index >= 15 is 0 Å². The summed E-state index contributed by atoms with van der Waals surface area (Å²) in [5, 5.41) is 1.05. The minimum atomic E-state index is -0.395. The van der Waals surface area contributed by atoms with E-state index in [2.05, 4.69) is 14.9 Å². The fourth-order valence-electron chi connectivity index (χ4n) is 3.90. The maximum atomic E-state index is 12.9. The molecule has 3 heterocycles. The van der Waals surface area contributed by atoms with Gasteiger partial charge in [-0.3, -0.25) is 4.79 Å². The molecule has 2 aromatic carbocycles. The van der Waals surface area contributed by atoms with Crippen molar-refractivity contribution in [2.75, 3.05) is 31.1 Å². The van der Waals surface area contributed by atoms with Crippen LogP contribution in [-0.4, -0.2) is 53.1 Å². The molecule has 1 unspecified atom stereocenters. The van der Waals surface area contributed by atoms with Crippen LogP contribution in [0.5, 0.6) is 5.75 Å². The van der Waals surface area contributed by atoms with Crippen molar-refractivity contribution in [3.63, 3.8) is 0 Å². The van der Waals surface area contributed by atoms with Crippen molar-refractivity contribution in [2.24, 2.45) is 0 Å². The van der Waals surface area contributed by atoms with E-state index in [-0.39, 0.29) is 5.91 Å². The third-order valence-corrected chi connectivity index (χ3v) is 5.34. The molecule has 0 N–H and O–H groups in total. The molecule has 0 spiro atoms. The number of fused-ring (bicyclic) bond motifs is 2. The first-order chi connectivity index (χ1) is 13.3. The monoisotopic (exact) mass is 360 g/mol. The van der Waals surface area contributed by atoms with Crippen LogP contribution in [0.1, 0.15) is 5.56 Å². The molecule has 27 heavy (non-hydrogen) atoms. The van der Waals surface area contributed by atoms with Gasteiger partial charge < -0.3 is 14.5 Å². The van der Waals surface area contributed by atoms with Crippen molar-refractivity contribution in [3.8, 4) is 5.75 Å². The molecule has 3 aromatic rings. The molecule has 0 saturated carbocycles. The lowest BCUT2D eigenvalue weighted by molar-refractivity contribution is -0.138. The molecule has 1 saturated heterocycles. The van der Waals surface area contributed by atoms with E-state index in [1.807, 2.05) is 53.4 Å². The largest absolute Gasteiger partial charge is 0.480 e. The average molecular weight is 360 g/mol. The van der Waals surface area contributed by atoms with Gasteiger partial charge in [-0.15, -0.1) is 0 Å². The van der Waals surface area contributed by atoms with E-state index in [1.54, 1.807) is 6.33 Å². The van der Waals surface area contributed by atoms with Gasteiger partial charge in [-0.1, -0.05) is 30.3 Å². The fraction of sp³-hybridized carbons (Fsp3) is 0.286. The summed E-state index contributed by atoms with van der Waals surface area (Å²) in [6.07, 6.45) is 1.87. The number of carbonyl (C=O) groups is 1. The zero-order valence-electron chi connectivity index (χ0n) is 14.9. The van der Waals surface area contributed by atoms with E-state index < -0.39 is 6.10 Å². The highest BCUT2D eigenvalue weighted by Crippen LogP contribution is 2.29. The smallest absolute Gasteiger partial charge is 0.264 e. The van der Waals surface area contributed by atoms with Gasteiger partial charge in [0.1, 0.15) is 17.9 Å². The molecule has 0 radical (unpaired) electrons. The molecule has 2 aliphatic heterocycles. The Morgan fingerprint density at radius 2 is 1.74 bits per heavy atom. The molecule has 1 atom stereocenters. The summed E-state index contributed by atoms with van der Waals surface area (Å²) in [5.41, 5.74) is 2.06. The number of hydrogen-bond acceptors (Lipinski definition) is 5. The van der Waals surface area contributed by atoms with Crippen molar-refractivity contribution in [1.82, 2.24) is 14.9 Å². The van der Waals surface area contributed by atoms with Crippen LogP contribution >= 0.6 is 0 Å². The predicted octanol–water partition coefficient (Wildman–Crippen LogP) is 2.28. The Bertz CT molecular complexity index is 968. The maximum absolute atomic E-state index is 12.9. The summed E-state index contributed by atoms with van der Waals surface area (Å²) >= 11 is 0. The van der Waals surface area contributed by atoms with Gasteiger partial charge in [-0.05, 0) is 23.8 Å². The second-order valence-electron chi connectivity index (χ2n) is 6.95. The Hall–Kier alpha value is -3.15. The van der Waals surface area contributed by atoms with Gasteiger partial charge in [-0.2, -0.15) is 0 Å². The predicted molar refractivity (Wildman–Crippen MR) is 103 cm³/mol. The van der Waals surface area contributed by atoms with Gasteiger partial charge in [0, 0.05) is 38.0 Å². The van der Waals surface area contributed by atoms with Crippen LogP contribution in [0, 0.1) is 0 Å². The normalized spacial score (nSPS) is 19.0. The number of benzene rings is 2. The Labute approximate surface area is 157 Å². The zero-order chi connectivity index (χ0) is 18.2. The molecule has 1 aromatic heterocycles. The number of carbonyl (C=O) groups excluding carboxylic acids is 1. The number of hydrogen-bond donors (Lipinski definition) is 0. The molecule has 0 aliphatic carbocycles. The highest BCUT2D eigenvalue weighted by molar-refractivity contribution is 5.89. The first-order valence-corrected chi connectivity index (χ1v) is 9.27. The lowest BCUT2D eigenvalue weighted by Gasteiger charge is -2.36. The average Bonchev–Trinajstić information content (AvgIpc) is 3.17. The van der Waals surface area contributed by atoms with Crippen LogP contribution in [0.15, 0.2) is 54.9 Å². The molecule has 6 heteroatoms. The standard InChI is InChI=1S/C21H20N4O2/c26-21(19-13-15-5-1-4-8-18(15)27-19)25-11-9-24(10-12-25)20-16-6-2-3-7-17(16)22-14-23-20/h1-8,14,19H,9-13H2. The molecule has 136 valence electrons. The Morgan fingerprint density at radius 3 is 2.59 bits per heavy atom. The molecule has 1 amide bonds. The second-order valence-corrected chi connectivity index (χ2v) is 6.95. The van der Waals surface area contributed by atoms with Crippen molar-refractivity contribution in [2.45, 2.75) is 12.5 Å². The molecule has 2 aliphatic rings.